The first-order valence-corrected chi connectivity index (χ1v) is 7.31. The van der Waals surface area contributed by atoms with Gasteiger partial charge in [0.1, 0.15) is 5.02 Å². The molecule has 118 valence electrons. The molecule has 2 aromatic rings. The van der Waals surface area contributed by atoms with Crippen LogP contribution in [0.25, 0.3) is 6.08 Å². The SMILES string of the molecule is Cc1ccc(NC(=O)C=Cc2ccc(Cl)c([N+](=O)[O-])c2)cc1Cl. The minimum atomic E-state index is -0.575. The molecule has 0 radical (unpaired) electrons. The lowest BCUT2D eigenvalue weighted by Gasteiger charge is -2.04. The highest BCUT2D eigenvalue weighted by Gasteiger charge is 2.11. The Kier molecular flexibility index (Phi) is 5.36. The van der Waals surface area contributed by atoms with E-state index in [1.54, 1.807) is 24.3 Å². The highest BCUT2D eigenvalue weighted by Crippen LogP contribution is 2.25. The summed E-state index contributed by atoms with van der Waals surface area (Å²) in [6.07, 6.45) is 2.75. The fourth-order valence-corrected chi connectivity index (χ4v) is 2.17. The van der Waals surface area contributed by atoms with Gasteiger partial charge in [0.2, 0.25) is 5.91 Å². The molecule has 1 N–H and O–H groups in total. The molecule has 0 saturated heterocycles. The van der Waals surface area contributed by atoms with Crippen molar-refractivity contribution in [2.45, 2.75) is 6.92 Å². The zero-order valence-corrected chi connectivity index (χ0v) is 13.6. The molecule has 7 heteroatoms. The summed E-state index contributed by atoms with van der Waals surface area (Å²) in [5, 5.41) is 14.1. The quantitative estimate of drug-likeness (QED) is 0.486. The summed E-state index contributed by atoms with van der Waals surface area (Å²) in [6, 6.07) is 9.48. The van der Waals surface area contributed by atoms with Crippen molar-refractivity contribution < 1.29 is 9.72 Å². The Morgan fingerprint density at radius 3 is 2.57 bits per heavy atom. The van der Waals surface area contributed by atoms with Gasteiger partial charge in [-0.25, -0.2) is 0 Å². The van der Waals surface area contributed by atoms with Crippen molar-refractivity contribution in [1.29, 1.82) is 0 Å². The zero-order chi connectivity index (χ0) is 17.0. The van der Waals surface area contributed by atoms with Gasteiger partial charge in [0.25, 0.3) is 5.69 Å². The summed E-state index contributed by atoms with van der Waals surface area (Å²) in [6.45, 7) is 1.86. The average molecular weight is 351 g/mol. The van der Waals surface area contributed by atoms with E-state index in [2.05, 4.69) is 5.32 Å². The van der Waals surface area contributed by atoms with Gasteiger partial charge in [0.15, 0.2) is 0 Å². The van der Waals surface area contributed by atoms with Crippen molar-refractivity contribution in [3.63, 3.8) is 0 Å². The second-order valence-electron chi connectivity index (χ2n) is 4.75. The van der Waals surface area contributed by atoms with Crippen molar-refractivity contribution in [2.75, 3.05) is 5.32 Å². The summed E-state index contributed by atoms with van der Waals surface area (Å²) < 4.78 is 0. The molecule has 1 amide bonds. The molecule has 2 aromatic carbocycles. The first-order valence-electron chi connectivity index (χ1n) is 6.56. The number of hydrogen-bond acceptors (Lipinski definition) is 3. The van der Waals surface area contributed by atoms with Crippen LogP contribution in [0.15, 0.2) is 42.5 Å². The Bertz CT molecular complexity index is 804. The van der Waals surface area contributed by atoms with Crippen LogP contribution in [0, 0.1) is 17.0 Å². The molecule has 0 aliphatic heterocycles. The average Bonchev–Trinajstić information content (AvgIpc) is 2.50. The number of carbonyl (C=O) groups is 1. The summed E-state index contributed by atoms with van der Waals surface area (Å²) >= 11 is 11.7. The molecule has 0 fully saturated rings. The van der Waals surface area contributed by atoms with Crippen LogP contribution in [0.4, 0.5) is 11.4 Å². The molecule has 0 aliphatic rings. The maximum Gasteiger partial charge on any atom is 0.288 e. The van der Waals surface area contributed by atoms with Gasteiger partial charge in [-0.2, -0.15) is 0 Å². The van der Waals surface area contributed by atoms with Crippen molar-refractivity contribution >= 4 is 46.6 Å². The Morgan fingerprint density at radius 1 is 1.17 bits per heavy atom. The molecular formula is C16H12Cl2N2O3. The number of carbonyl (C=O) groups excluding carboxylic acids is 1. The molecule has 0 bridgehead atoms. The maximum atomic E-state index is 11.9. The number of nitro groups is 1. The second-order valence-corrected chi connectivity index (χ2v) is 5.57. The van der Waals surface area contributed by atoms with Crippen LogP contribution in [0.1, 0.15) is 11.1 Å². The fraction of sp³-hybridized carbons (Fsp3) is 0.0625. The lowest BCUT2D eigenvalue weighted by Crippen LogP contribution is -2.07. The molecule has 0 heterocycles. The molecular weight excluding hydrogens is 339 g/mol. The number of benzene rings is 2. The van der Waals surface area contributed by atoms with Crippen LogP contribution < -0.4 is 5.32 Å². The number of hydrogen-bond donors (Lipinski definition) is 1. The highest BCUT2D eigenvalue weighted by molar-refractivity contribution is 6.32. The van der Waals surface area contributed by atoms with E-state index in [9.17, 15) is 14.9 Å². The third-order valence-corrected chi connectivity index (χ3v) is 3.76. The Morgan fingerprint density at radius 2 is 1.91 bits per heavy atom. The van der Waals surface area contributed by atoms with Crippen LogP contribution in [0.5, 0.6) is 0 Å². The number of anilines is 1. The Balaban J connectivity index is 2.10. The van der Waals surface area contributed by atoms with E-state index in [0.29, 0.717) is 16.3 Å². The largest absolute Gasteiger partial charge is 0.322 e. The fourth-order valence-electron chi connectivity index (χ4n) is 1.80. The van der Waals surface area contributed by atoms with Gasteiger partial charge < -0.3 is 5.32 Å². The first kappa shape index (κ1) is 17.0. The number of nitrogens with zero attached hydrogens (tertiary/aromatic N) is 1. The minimum absolute atomic E-state index is 0.0471. The Hall–Kier alpha value is -2.37. The van der Waals surface area contributed by atoms with Crippen LogP contribution in [-0.4, -0.2) is 10.8 Å². The summed E-state index contributed by atoms with van der Waals surface area (Å²) in [5.41, 5.74) is 1.77. The zero-order valence-electron chi connectivity index (χ0n) is 12.0. The van der Waals surface area contributed by atoms with Crippen LogP contribution >= 0.6 is 23.2 Å². The number of nitro benzene ring substituents is 1. The van der Waals surface area contributed by atoms with E-state index in [1.165, 1.54) is 24.3 Å². The van der Waals surface area contributed by atoms with E-state index in [0.717, 1.165) is 5.56 Å². The summed E-state index contributed by atoms with van der Waals surface area (Å²) in [7, 11) is 0. The van der Waals surface area contributed by atoms with E-state index in [-0.39, 0.29) is 16.6 Å². The highest BCUT2D eigenvalue weighted by atomic mass is 35.5. The molecule has 0 aliphatic carbocycles. The van der Waals surface area contributed by atoms with Crippen LogP contribution in [0.3, 0.4) is 0 Å². The molecule has 0 saturated carbocycles. The predicted molar refractivity (Wildman–Crippen MR) is 92.0 cm³/mol. The lowest BCUT2D eigenvalue weighted by atomic mass is 10.2. The van der Waals surface area contributed by atoms with Gasteiger partial charge >= 0.3 is 0 Å². The number of nitrogens with one attached hydrogen (secondary N) is 1. The van der Waals surface area contributed by atoms with Crippen LogP contribution in [-0.2, 0) is 4.79 Å². The van der Waals surface area contributed by atoms with Gasteiger partial charge in [-0.15, -0.1) is 0 Å². The van der Waals surface area contributed by atoms with E-state index in [4.69, 9.17) is 23.2 Å². The smallest absolute Gasteiger partial charge is 0.288 e. The maximum absolute atomic E-state index is 11.9. The van der Waals surface area contributed by atoms with Gasteiger partial charge in [-0.05, 0) is 42.3 Å². The third-order valence-electron chi connectivity index (χ3n) is 3.03. The van der Waals surface area contributed by atoms with Gasteiger partial charge in [-0.1, -0.05) is 35.3 Å². The number of aryl methyl sites for hydroxylation is 1. The first-order chi connectivity index (χ1) is 10.9. The monoisotopic (exact) mass is 350 g/mol. The molecule has 0 unspecified atom stereocenters. The lowest BCUT2D eigenvalue weighted by molar-refractivity contribution is -0.384. The van der Waals surface area contributed by atoms with Crippen molar-refractivity contribution in [1.82, 2.24) is 0 Å². The van der Waals surface area contributed by atoms with E-state index in [1.807, 2.05) is 6.92 Å². The van der Waals surface area contributed by atoms with Crippen LogP contribution in [0.2, 0.25) is 10.0 Å². The topological polar surface area (TPSA) is 72.2 Å². The second kappa shape index (κ2) is 7.26. The van der Waals surface area contributed by atoms with E-state index < -0.39 is 4.92 Å². The molecule has 0 aromatic heterocycles. The molecule has 0 spiro atoms. The Labute approximate surface area is 142 Å². The normalized spacial score (nSPS) is 10.7. The third kappa shape index (κ3) is 4.55. The predicted octanol–water partition coefficient (Wildman–Crippen LogP) is 4.86. The molecule has 2 rings (SSSR count). The van der Waals surface area contributed by atoms with E-state index >= 15 is 0 Å². The molecule has 0 atom stereocenters. The van der Waals surface area contributed by atoms with Crippen molar-refractivity contribution in [3.05, 3.63) is 73.8 Å². The standard InChI is InChI=1S/C16H12Cl2N2O3/c1-10-2-5-12(9-14(10)18)19-16(21)7-4-11-3-6-13(17)15(8-11)20(22)23/h2-9H,1H3,(H,19,21). The summed E-state index contributed by atoms with van der Waals surface area (Å²) in [4.78, 5) is 22.1. The van der Waals surface area contributed by atoms with Gasteiger partial charge in [0, 0.05) is 22.9 Å². The van der Waals surface area contributed by atoms with Gasteiger partial charge in [-0.3, -0.25) is 14.9 Å². The number of halogens is 2. The minimum Gasteiger partial charge on any atom is -0.322 e. The van der Waals surface area contributed by atoms with Gasteiger partial charge in [0.05, 0.1) is 4.92 Å². The summed E-state index contributed by atoms with van der Waals surface area (Å²) in [5.74, 6) is -0.373. The number of amides is 1. The number of rotatable bonds is 4. The van der Waals surface area contributed by atoms with Crippen molar-refractivity contribution in [3.8, 4) is 0 Å². The van der Waals surface area contributed by atoms with Crippen molar-refractivity contribution in [2.24, 2.45) is 0 Å². The molecule has 5 nitrogen and oxygen atoms in total. The molecule has 23 heavy (non-hydrogen) atoms.